The van der Waals surface area contributed by atoms with Crippen molar-refractivity contribution in [2.75, 3.05) is 13.2 Å². The molecule has 0 bridgehead atoms. The Morgan fingerprint density at radius 2 is 1.68 bits per heavy atom. The fraction of sp³-hybridized carbons (Fsp3) is 0.185. The first-order valence-electron chi connectivity index (χ1n) is 10.8. The summed E-state index contributed by atoms with van der Waals surface area (Å²) in [5.74, 6) is -0.737. The fourth-order valence-electron chi connectivity index (χ4n) is 3.42. The molecule has 0 aliphatic rings. The standard InChI is InChI=1S/C27H26ClFN2O3/c1-2-16-30-27(33)24(17-20-8-4-3-5-9-20)31(18-21-12-14-22(29)15-13-21)26(32)19-34-25-11-7-6-10-23(25)28/h2-15,24H,1,16-19H2,(H,30,33). The van der Waals surface area contributed by atoms with Gasteiger partial charge in [0.05, 0.1) is 5.02 Å². The van der Waals surface area contributed by atoms with Crippen LogP contribution in [0.3, 0.4) is 0 Å². The summed E-state index contributed by atoms with van der Waals surface area (Å²) in [6.45, 7) is 3.69. The maximum absolute atomic E-state index is 13.5. The zero-order chi connectivity index (χ0) is 24.3. The highest BCUT2D eigenvalue weighted by Gasteiger charge is 2.30. The fourth-order valence-corrected chi connectivity index (χ4v) is 3.61. The molecule has 0 saturated heterocycles. The van der Waals surface area contributed by atoms with Crippen LogP contribution >= 0.6 is 11.6 Å². The number of carbonyl (C=O) groups is 2. The first kappa shape index (κ1) is 25.0. The van der Waals surface area contributed by atoms with Gasteiger partial charge in [0, 0.05) is 19.5 Å². The van der Waals surface area contributed by atoms with Crippen LogP contribution in [0.1, 0.15) is 11.1 Å². The SMILES string of the molecule is C=CCNC(=O)C(Cc1ccccc1)N(Cc1ccc(F)cc1)C(=O)COc1ccccc1Cl. The Morgan fingerprint density at radius 3 is 2.35 bits per heavy atom. The molecule has 5 nitrogen and oxygen atoms in total. The van der Waals surface area contributed by atoms with Crippen LogP contribution < -0.4 is 10.1 Å². The van der Waals surface area contributed by atoms with E-state index in [1.54, 1.807) is 42.5 Å². The van der Waals surface area contributed by atoms with Crippen molar-refractivity contribution in [2.45, 2.75) is 19.0 Å². The number of amides is 2. The zero-order valence-electron chi connectivity index (χ0n) is 18.6. The van der Waals surface area contributed by atoms with E-state index in [9.17, 15) is 14.0 Å². The highest BCUT2D eigenvalue weighted by atomic mass is 35.5. The van der Waals surface area contributed by atoms with Gasteiger partial charge in [-0.1, -0.05) is 72.3 Å². The van der Waals surface area contributed by atoms with E-state index in [0.717, 1.165) is 5.56 Å². The molecule has 1 atom stereocenters. The van der Waals surface area contributed by atoms with Gasteiger partial charge in [0.15, 0.2) is 6.61 Å². The minimum absolute atomic E-state index is 0.101. The molecule has 2 amide bonds. The topological polar surface area (TPSA) is 58.6 Å². The molecule has 34 heavy (non-hydrogen) atoms. The number of nitrogens with zero attached hydrogens (tertiary/aromatic N) is 1. The second kappa shape index (κ2) is 12.6. The third-order valence-electron chi connectivity index (χ3n) is 5.15. The zero-order valence-corrected chi connectivity index (χ0v) is 19.4. The summed E-state index contributed by atoms with van der Waals surface area (Å²) < 4.78 is 19.1. The van der Waals surface area contributed by atoms with Crippen molar-refractivity contribution in [1.29, 1.82) is 0 Å². The number of ether oxygens (including phenoxy) is 1. The molecule has 0 aliphatic heterocycles. The molecule has 0 heterocycles. The van der Waals surface area contributed by atoms with Gasteiger partial charge in [-0.15, -0.1) is 6.58 Å². The Bertz CT molecular complexity index is 1110. The predicted octanol–water partition coefficient (Wildman–Crippen LogP) is 4.80. The maximum Gasteiger partial charge on any atom is 0.261 e. The Kier molecular flexibility index (Phi) is 9.23. The quantitative estimate of drug-likeness (QED) is 0.401. The van der Waals surface area contributed by atoms with Crippen LogP contribution in [0.2, 0.25) is 5.02 Å². The lowest BCUT2D eigenvalue weighted by Crippen LogP contribution is -2.51. The van der Waals surface area contributed by atoms with Gasteiger partial charge >= 0.3 is 0 Å². The molecule has 0 fully saturated rings. The normalized spacial score (nSPS) is 11.4. The smallest absolute Gasteiger partial charge is 0.261 e. The Labute approximate surface area is 203 Å². The van der Waals surface area contributed by atoms with Crippen LogP contribution in [0.25, 0.3) is 0 Å². The lowest BCUT2D eigenvalue weighted by atomic mass is 10.0. The molecule has 0 saturated carbocycles. The molecule has 0 spiro atoms. The van der Waals surface area contributed by atoms with Crippen molar-refractivity contribution in [3.63, 3.8) is 0 Å². The van der Waals surface area contributed by atoms with E-state index in [1.807, 2.05) is 30.3 Å². The van der Waals surface area contributed by atoms with Gasteiger partial charge < -0.3 is 15.0 Å². The van der Waals surface area contributed by atoms with Gasteiger partial charge in [-0.05, 0) is 35.4 Å². The number of hydrogen-bond acceptors (Lipinski definition) is 3. The Hall–Kier alpha value is -3.64. The molecule has 3 aromatic rings. The van der Waals surface area contributed by atoms with Gasteiger partial charge in [0.25, 0.3) is 5.91 Å². The number of para-hydroxylation sites is 1. The van der Waals surface area contributed by atoms with Gasteiger partial charge in [-0.25, -0.2) is 4.39 Å². The van der Waals surface area contributed by atoms with Crippen molar-refractivity contribution in [1.82, 2.24) is 10.2 Å². The third-order valence-corrected chi connectivity index (χ3v) is 5.46. The molecule has 176 valence electrons. The molecule has 0 aliphatic carbocycles. The minimum Gasteiger partial charge on any atom is -0.482 e. The predicted molar refractivity (Wildman–Crippen MR) is 131 cm³/mol. The number of carbonyl (C=O) groups excluding carboxylic acids is 2. The van der Waals surface area contributed by atoms with E-state index in [-0.39, 0.29) is 31.4 Å². The minimum atomic E-state index is -0.824. The average molecular weight is 481 g/mol. The van der Waals surface area contributed by atoms with Crippen LogP contribution in [0.5, 0.6) is 5.75 Å². The third kappa shape index (κ3) is 7.18. The van der Waals surface area contributed by atoms with E-state index < -0.39 is 11.9 Å². The van der Waals surface area contributed by atoms with Crippen molar-refractivity contribution < 1.29 is 18.7 Å². The summed E-state index contributed by atoms with van der Waals surface area (Å²) >= 11 is 6.15. The molecule has 3 rings (SSSR count). The van der Waals surface area contributed by atoms with Gasteiger partial charge in [0.2, 0.25) is 5.91 Å². The van der Waals surface area contributed by atoms with Crippen molar-refractivity contribution >= 4 is 23.4 Å². The number of benzene rings is 3. The first-order valence-corrected chi connectivity index (χ1v) is 11.2. The molecular formula is C27H26ClFN2O3. The molecule has 3 aromatic carbocycles. The van der Waals surface area contributed by atoms with Gasteiger partial charge in [-0.2, -0.15) is 0 Å². The van der Waals surface area contributed by atoms with Crippen molar-refractivity contribution in [3.8, 4) is 5.75 Å². The van der Waals surface area contributed by atoms with E-state index >= 15 is 0 Å². The average Bonchev–Trinajstić information content (AvgIpc) is 2.85. The summed E-state index contributed by atoms with van der Waals surface area (Å²) in [4.78, 5) is 28.0. The van der Waals surface area contributed by atoms with Crippen LogP contribution in [0.4, 0.5) is 4.39 Å². The van der Waals surface area contributed by atoms with E-state index in [1.165, 1.54) is 17.0 Å². The van der Waals surface area contributed by atoms with Crippen LogP contribution in [0.15, 0.2) is 91.5 Å². The number of rotatable bonds is 11. The van der Waals surface area contributed by atoms with Crippen molar-refractivity contribution in [2.24, 2.45) is 0 Å². The molecule has 7 heteroatoms. The maximum atomic E-state index is 13.5. The van der Waals surface area contributed by atoms with E-state index in [4.69, 9.17) is 16.3 Å². The second-order valence-corrected chi connectivity index (χ2v) is 8.01. The molecule has 1 unspecified atom stereocenters. The number of nitrogens with one attached hydrogen (secondary N) is 1. The van der Waals surface area contributed by atoms with Gasteiger partial charge in [0.1, 0.15) is 17.6 Å². The first-order chi connectivity index (χ1) is 16.5. The monoisotopic (exact) mass is 480 g/mol. The summed E-state index contributed by atoms with van der Waals surface area (Å²) in [6.07, 6.45) is 1.87. The summed E-state index contributed by atoms with van der Waals surface area (Å²) in [5, 5.41) is 3.17. The van der Waals surface area contributed by atoms with E-state index in [2.05, 4.69) is 11.9 Å². The van der Waals surface area contributed by atoms with Gasteiger partial charge in [-0.3, -0.25) is 9.59 Å². The Balaban J connectivity index is 1.90. The summed E-state index contributed by atoms with van der Waals surface area (Å²) in [7, 11) is 0. The summed E-state index contributed by atoms with van der Waals surface area (Å²) in [5.41, 5.74) is 1.58. The molecular weight excluding hydrogens is 455 g/mol. The van der Waals surface area contributed by atoms with Crippen molar-refractivity contribution in [3.05, 3.63) is 113 Å². The van der Waals surface area contributed by atoms with Crippen LogP contribution in [-0.4, -0.2) is 35.9 Å². The highest BCUT2D eigenvalue weighted by Crippen LogP contribution is 2.23. The number of hydrogen-bond donors (Lipinski definition) is 1. The van der Waals surface area contributed by atoms with Crippen LogP contribution in [-0.2, 0) is 22.6 Å². The van der Waals surface area contributed by atoms with E-state index in [0.29, 0.717) is 22.8 Å². The molecule has 1 N–H and O–H groups in total. The Morgan fingerprint density at radius 1 is 1.00 bits per heavy atom. The summed E-state index contributed by atoms with van der Waals surface area (Å²) in [6, 6.07) is 21.3. The van der Waals surface area contributed by atoms with Crippen LogP contribution in [0, 0.1) is 5.82 Å². The molecule has 0 aromatic heterocycles. The second-order valence-electron chi connectivity index (χ2n) is 7.61. The number of halogens is 2. The lowest BCUT2D eigenvalue weighted by molar-refractivity contribution is -0.142. The lowest BCUT2D eigenvalue weighted by Gasteiger charge is -2.31. The largest absolute Gasteiger partial charge is 0.482 e. The highest BCUT2D eigenvalue weighted by molar-refractivity contribution is 6.32. The molecule has 0 radical (unpaired) electrons.